The molecule has 0 atom stereocenters. The number of para-hydroxylation sites is 1. The van der Waals surface area contributed by atoms with Crippen LogP contribution in [0.4, 0.5) is 15.2 Å². The molecule has 1 saturated heterocycles. The molecule has 1 aromatic carbocycles. The third-order valence-electron chi connectivity index (χ3n) is 4.44. The number of rotatable bonds is 4. The van der Waals surface area contributed by atoms with E-state index >= 15 is 0 Å². The van der Waals surface area contributed by atoms with Gasteiger partial charge in [-0.25, -0.2) is 4.39 Å². The Hall–Kier alpha value is -2.02. The molecule has 1 amide bonds. The van der Waals surface area contributed by atoms with Crippen molar-refractivity contribution < 1.29 is 9.18 Å². The number of nitrogens with zero attached hydrogens (tertiary/aromatic N) is 3. The molecule has 1 aromatic heterocycles. The minimum atomic E-state index is -0.212. The number of nitrogens with one attached hydrogen (secondary N) is 1. The Kier molecular flexibility index (Phi) is 5.55. The highest BCUT2D eigenvalue weighted by molar-refractivity contribution is 7.15. The van der Waals surface area contributed by atoms with Crippen molar-refractivity contribution in [1.82, 2.24) is 10.2 Å². The van der Waals surface area contributed by atoms with E-state index in [4.69, 9.17) is 0 Å². The summed E-state index contributed by atoms with van der Waals surface area (Å²) in [6, 6.07) is 6.78. The van der Waals surface area contributed by atoms with Crippen LogP contribution in [0.1, 0.15) is 38.6 Å². The Morgan fingerprint density at radius 2 is 1.96 bits per heavy atom. The summed E-state index contributed by atoms with van der Waals surface area (Å²) in [5.41, 5.74) is 0.752. The van der Waals surface area contributed by atoms with Gasteiger partial charge in [-0.1, -0.05) is 44.2 Å². The van der Waals surface area contributed by atoms with Crippen LogP contribution in [-0.4, -0.2) is 29.2 Å². The van der Waals surface area contributed by atoms with Gasteiger partial charge >= 0.3 is 0 Å². The normalized spacial score (nSPS) is 15.9. The number of hydrogen-bond acceptors (Lipinski definition) is 5. The number of amides is 1. The summed E-state index contributed by atoms with van der Waals surface area (Å²) in [4.78, 5) is 14.5. The number of aromatic nitrogens is 2. The second-order valence-corrected chi connectivity index (χ2v) is 9.00. The van der Waals surface area contributed by atoms with Crippen LogP contribution in [0, 0.1) is 17.2 Å². The first-order valence-corrected chi connectivity index (χ1v) is 9.76. The summed E-state index contributed by atoms with van der Waals surface area (Å²) in [7, 11) is 0. The molecular weight excluding hydrogens is 351 g/mol. The van der Waals surface area contributed by atoms with Crippen LogP contribution in [0.2, 0.25) is 0 Å². The second kappa shape index (κ2) is 7.70. The highest BCUT2D eigenvalue weighted by Gasteiger charge is 2.27. The Morgan fingerprint density at radius 1 is 1.27 bits per heavy atom. The maximum absolute atomic E-state index is 13.9. The lowest BCUT2D eigenvalue weighted by atomic mass is 9.93. The van der Waals surface area contributed by atoms with Crippen LogP contribution in [0.25, 0.3) is 0 Å². The van der Waals surface area contributed by atoms with Gasteiger partial charge in [0.1, 0.15) is 10.8 Å². The van der Waals surface area contributed by atoms with Crippen molar-refractivity contribution in [3.05, 3.63) is 35.1 Å². The monoisotopic (exact) mass is 376 g/mol. The molecule has 1 N–H and O–H groups in total. The molecule has 0 unspecified atom stereocenters. The third-order valence-corrected chi connectivity index (χ3v) is 5.28. The predicted octanol–water partition coefficient (Wildman–Crippen LogP) is 4.12. The van der Waals surface area contributed by atoms with Crippen molar-refractivity contribution in [2.24, 2.45) is 11.3 Å². The zero-order chi connectivity index (χ0) is 18.7. The highest BCUT2D eigenvalue weighted by Crippen LogP contribution is 2.28. The van der Waals surface area contributed by atoms with Gasteiger partial charge in [0.05, 0.1) is 5.69 Å². The van der Waals surface area contributed by atoms with Crippen LogP contribution in [-0.2, 0) is 11.2 Å². The molecule has 0 saturated carbocycles. The van der Waals surface area contributed by atoms with E-state index in [1.165, 1.54) is 17.4 Å². The summed E-state index contributed by atoms with van der Waals surface area (Å²) in [5, 5.41) is 12.6. The van der Waals surface area contributed by atoms with Gasteiger partial charge in [0, 0.05) is 25.4 Å². The van der Waals surface area contributed by atoms with Crippen LogP contribution in [0.3, 0.4) is 0 Å². The average Bonchev–Trinajstić information content (AvgIpc) is 3.00. The van der Waals surface area contributed by atoms with E-state index in [1.54, 1.807) is 12.1 Å². The van der Waals surface area contributed by atoms with Gasteiger partial charge in [0.2, 0.25) is 11.0 Å². The van der Waals surface area contributed by atoms with Crippen LogP contribution >= 0.6 is 11.3 Å². The Labute approximate surface area is 157 Å². The van der Waals surface area contributed by atoms with Crippen LogP contribution in [0.15, 0.2) is 24.3 Å². The maximum atomic E-state index is 13.9. The molecule has 5 nitrogen and oxygen atoms in total. The van der Waals surface area contributed by atoms with Crippen molar-refractivity contribution in [1.29, 1.82) is 0 Å². The number of anilines is 2. The number of benzene rings is 1. The van der Waals surface area contributed by atoms with Crippen molar-refractivity contribution in [2.45, 2.75) is 40.0 Å². The molecule has 1 fully saturated rings. The number of halogens is 1. The molecule has 7 heteroatoms. The fourth-order valence-corrected chi connectivity index (χ4v) is 4.17. The zero-order valence-electron chi connectivity index (χ0n) is 15.5. The van der Waals surface area contributed by atoms with Gasteiger partial charge in [-0.05, 0) is 30.4 Å². The topological polar surface area (TPSA) is 58.1 Å². The standard InChI is InChI=1S/C19H25FN4OS/c1-19(2,3)12-16-22-23-18(26-16)21-17(25)13-8-10-24(11-9-13)15-7-5-4-6-14(15)20/h4-7,13H,8-12H2,1-3H3,(H,21,23,25). The molecule has 0 spiro atoms. The number of piperidine rings is 1. The smallest absolute Gasteiger partial charge is 0.229 e. The van der Waals surface area contributed by atoms with E-state index in [0.717, 1.165) is 11.4 Å². The van der Waals surface area contributed by atoms with Gasteiger partial charge in [-0.15, -0.1) is 10.2 Å². The zero-order valence-corrected chi connectivity index (χ0v) is 16.3. The van der Waals surface area contributed by atoms with Crippen LogP contribution < -0.4 is 10.2 Å². The van der Waals surface area contributed by atoms with Crippen molar-refractivity contribution in [2.75, 3.05) is 23.3 Å². The summed E-state index contributed by atoms with van der Waals surface area (Å²) < 4.78 is 13.9. The van der Waals surface area contributed by atoms with E-state index in [1.807, 2.05) is 11.0 Å². The SMILES string of the molecule is CC(C)(C)Cc1nnc(NC(=O)C2CCN(c3ccccc3F)CC2)s1. The first-order valence-electron chi connectivity index (χ1n) is 8.94. The van der Waals surface area contributed by atoms with Gasteiger partial charge in [-0.3, -0.25) is 4.79 Å². The highest BCUT2D eigenvalue weighted by atomic mass is 32.1. The lowest BCUT2D eigenvalue weighted by Gasteiger charge is -2.33. The number of hydrogen-bond donors (Lipinski definition) is 1. The summed E-state index contributed by atoms with van der Waals surface area (Å²) in [6.07, 6.45) is 2.24. The minimum absolute atomic E-state index is 0.0170. The van der Waals surface area contributed by atoms with E-state index in [-0.39, 0.29) is 23.1 Å². The van der Waals surface area contributed by atoms with Crippen molar-refractivity contribution >= 4 is 28.1 Å². The number of carbonyl (C=O) groups excluding carboxylic acids is 1. The lowest BCUT2D eigenvalue weighted by molar-refractivity contribution is -0.120. The predicted molar refractivity (Wildman–Crippen MR) is 103 cm³/mol. The van der Waals surface area contributed by atoms with E-state index in [9.17, 15) is 9.18 Å². The average molecular weight is 377 g/mol. The molecule has 0 aliphatic carbocycles. The maximum Gasteiger partial charge on any atom is 0.229 e. The van der Waals surface area contributed by atoms with Gasteiger partial charge in [-0.2, -0.15) is 0 Å². The molecule has 2 aromatic rings. The Balaban J connectivity index is 1.53. The quantitative estimate of drug-likeness (QED) is 0.872. The van der Waals surface area contributed by atoms with Gasteiger partial charge < -0.3 is 10.2 Å². The molecule has 1 aliphatic heterocycles. The summed E-state index contributed by atoms with van der Waals surface area (Å²) in [5.74, 6) is -0.305. The second-order valence-electron chi connectivity index (χ2n) is 7.94. The van der Waals surface area contributed by atoms with Crippen molar-refractivity contribution in [3.63, 3.8) is 0 Å². The molecule has 0 bridgehead atoms. The third kappa shape index (κ3) is 4.78. The fraction of sp³-hybridized carbons (Fsp3) is 0.526. The molecule has 140 valence electrons. The largest absolute Gasteiger partial charge is 0.369 e. The minimum Gasteiger partial charge on any atom is -0.369 e. The van der Waals surface area contributed by atoms with E-state index in [2.05, 4.69) is 36.3 Å². The lowest BCUT2D eigenvalue weighted by Crippen LogP contribution is -2.38. The van der Waals surface area contributed by atoms with E-state index in [0.29, 0.717) is 36.8 Å². The van der Waals surface area contributed by atoms with Gasteiger partial charge in [0.25, 0.3) is 0 Å². The first kappa shape index (κ1) is 18.8. The summed E-state index contributed by atoms with van der Waals surface area (Å²) in [6.45, 7) is 7.79. The first-order chi connectivity index (χ1) is 12.3. The van der Waals surface area contributed by atoms with Crippen LogP contribution in [0.5, 0.6) is 0 Å². The number of carbonyl (C=O) groups is 1. The van der Waals surface area contributed by atoms with Gasteiger partial charge in [0.15, 0.2) is 0 Å². The Morgan fingerprint density at radius 3 is 2.62 bits per heavy atom. The van der Waals surface area contributed by atoms with E-state index < -0.39 is 0 Å². The summed E-state index contributed by atoms with van der Waals surface area (Å²) >= 11 is 1.44. The molecule has 2 heterocycles. The molecule has 0 radical (unpaired) electrons. The Bertz CT molecular complexity index is 763. The molecular formula is C19H25FN4OS. The molecule has 3 rings (SSSR count). The fourth-order valence-electron chi connectivity index (χ4n) is 3.13. The van der Waals surface area contributed by atoms with Crippen molar-refractivity contribution in [3.8, 4) is 0 Å². The molecule has 1 aliphatic rings. The molecule has 26 heavy (non-hydrogen) atoms.